The lowest BCUT2D eigenvalue weighted by Gasteiger charge is -2.43. The quantitative estimate of drug-likeness (QED) is 0.624. The van der Waals surface area contributed by atoms with Gasteiger partial charge in [-0.3, -0.25) is 19.4 Å². The summed E-state index contributed by atoms with van der Waals surface area (Å²) in [5, 5.41) is 12.0. The molecule has 158 valence electrons. The molecule has 2 aliphatic heterocycles. The first-order valence-electron chi connectivity index (χ1n) is 10.5. The number of likely N-dealkylation sites (tertiary alicyclic amines) is 1. The molecule has 0 atom stereocenters. The maximum atomic E-state index is 12.5. The fourth-order valence-electron chi connectivity index (χ4n) is 4.31. The molecule has 9 nitrogen and oxygen atoms in total. The van der Waals surface area contributed by atoms with Crippen LogP contribution in [0.25, 0.3) is 0 Å². The highest BCUT2D eigenvalue weighted by Gasteiger charge is 2.35. The molecule has 3 fully saturated rings. The number of amides is 3. The number of carbonyl (C=O) groups is 3. The lowest BCUT2D eigenvalue weighted by atomic mass is 9.85. The van der Waals surface area contributed by atoms with Crippen molar-refractivity contribution in [2.24, 2.45) is 0 Å². The van der Waals surface area contributed by atoms with Crippen LogP contribution in [0.3, 0.4) is 0 Å². The van der Waals surface area contributed by atoms with Crippen molar-refractivity contribution in [3.63, 3.8) is 0 Å². The average Bonchev–Trinajstić information content (AvgIpc) is 3.18. The molecule has 2 saturated heterocycles. The van der Waals surface area contributed by atoms with Crippen LogP contribution in [0.4, 0.5) is 4.79 Å². The Morgan fingerprint density at radius 3 is 2.21 bits per heavy atom. The van der Waals surface area contributed by atoms with Crippen LogP contribution in [0, 0.1) is 0 Å². The number of hydrogen-bond acceptors (Lipinski definition) is 5. The zero-order valence-electron chi connectivity index (χ0n) is 16.8. The second-order valence-corrected chi connectivity index (χ2v) is 8.08. The Morgan fingerprint density at radius 1 is 1.00 bits per heavy atom. The van der Waals surface area contributed by atoms with Crippen LogP contribution in [0.2, 0.25) is 0 Å². The van der Waals surface area contributed by atoms with Gasteiger partial charge in [-0.2, -0.15) is 0 Å². The molecular weight excluding hydrogens is 362 g/mol. The minimum atomic E-state index is -0.810. The number of likely N-dealkylation sites (N-methyl/N-ethyl adjacent to an activating group) is 1. The van der Waals surface area contributed by atoms with Gasteiger partial charge in [0.1, 0.15) is 0 Å². The van der Waals surface area contributed by atoms with Crippen LogP contribution in [-0.2, 0) is 9.59 Å². The summed E-state index contributed by atoms with van der Waals surface area (Å²) in [4.78, 5) is 43.5. The second kappa shape index (κ2) is 9.56. The third-order valence-corrected chi connectivity index (χ3v) is 6.18. The van der Waals surface area contributed by atoms with Gasteiger partial charge in [-0.1, -0.05) is 6.92 Å². The average molecular weight is 396 g/mol. The van der Waals surface area contributed by atoms with Crippen molar-refractivity contribution >= 4 is 17.9 Å². The molecule has 0 aromatic rings. The molecule has 3 aliphatic rings. The van der Waals surface area contributed by atoms with Gasteiger partial charge in [0.25, 0.3) is 0 Å². The highest BCUT2D eigenvalue weighted by atomic mass is 16.4. The number of urea groups is 1. The largest absolute Gasteiger partial charge is 0.480 e. The Morgan fingerprint density at radius 2 is 1.64 bits per heavy atom. The number of carboxylic acids is 1. The number of nitrogens with one attached hydrogen (secondary N) is 1. The van der Waals surface area contributed by atoms with Crippen molar-refractivity contribution in [1.29, 1.82) is 0 Å². The van der Waals surface area contributed by atoms with Crippen LogP contribution in [0.15, 0.2) is 0 Å². The number of carboxylic acid groups (broad SMARTS) is 1. The Kier molecular flexibility index (Phi) is 7.12. The maximum absolute atomic E-state index is 12.5. The van der Waals surface area contributed by atoms with Crippen molar-refractivity contribution in [2.45, 2.75) is 44.7 Å². The van der Waals surface area contributed by atoms with E-state index in [1.165, 1.54) is 0 Å². The van der Waals surface area contributed by atoms with Crippen molar-refractivity contribution < 1.29 is 19.5 Å². The lowest BCUT2D eigenvalue weighted by molar-refractivity contribution is -0.139. The standard InChI is InChI=1S/C19H33N5O4/c1-2-22(14-18(26)27)16-11-15(12-16)20-19(28)24-9-7-21(8-10-24)13-17(25)23-5-3-4-6-23/h15-16H,2-14H2,1H3,(H,20,28)(H,26,27). The molecule has 0 aromatic carbocycles. The number of hydrogen-bond donors (Lipinski definition) is 2. The summed E-state index contributed by atoms with van der Waals surface area (Å²) in [6.45, 7) is 7.65. The lowest BCUT2D eigenvalue weighted by Crippen LogP contribution is -2.59. The van der Waals surface area contributed by atoms with Crippen molar-refractivity contribution in [2.75, 3.05) is 58.9 Å². The van der Waals surface area contributed by atoms with Crippen LogP contribution < -0.4 is 5.32 Å². The summed E-state index contributed by atoms with van der Waals surface area (Å²) < 4.78 is 0. The molecule has 2 heterocycles. The molecule has 0 unspecified atom stereocenters. The Hall–Kier alpha value is -1.87. The molecule has 0 aromatic heterocycles. The summed E-state index contributed by atoms with van der Waals surface area (Å²) in [6, 6.07) is 0.310. The fourth-order valence-corrected chi connectivity index (χ4v) is 4.31. The summed E-state index contributed by atoms with van der Waals surface area (Å²) in [7, 11) is 0. The SMILES string of the molecule is CCN(CC(=O)O)C1CC(NC(=O)N2CCN(CC(=O)N3CCCC3)CC2)C1. The van der Waals surface area contributed by atoms with E-state index in [9.17, 15) is 14.4 Å². The maximum Gasteiger partial charge on any atom is 0.317 e. The van der Waals surface area contributed by atoms with Gasteiger partial charge in [0.2, 0.25) is 5.91 Å². The zero-order chi connectivity index (χ0) is 20.1. The van der Waals surface area contributed by atoms with Crippen LogP contribution >= 0.6 is 0 Å². The van der Waals surface area contributed by atoms with Gasteiger partial charge in [-0.15, -0.1) is 0 Å². The highest BCUT2D eigenvalue weighted by molar-refractivity contribution is 5.78. The first-order chi connectivity index (χ1) is 13.5. The Bertz CT molecular complexity index is 567. The van der Waals surface area contributed by atoms with E-state index in [-0.39, 0.29) is 30.6 Å². The summed E-state index contributed by atoms with van der Waals surface area (Å²) >= 11 is 0. The molecule has 28 heavy (non-hydrogen) atoms. The second-order valence-electron chi connectivity index (χ2n) is 8.08. The summed E-state index contributed by atoms with van der Waals surface area (Å²) in [5.74, 6) is -0.604. The number of carbonyl (C=O) groups excluding carboxylic acids is 2. The van der Waals surface area contributed by atoms with Crippen molar-refractivity contribution in [3.8, 4) is 0 Å². The molecule has 2 N–H and O–H groups in total. The van der Waals surface area contributed by atoms with Crippen molar-refractivity contribution in [1.82, 2.24) is 24.9 Å². The number of piperazine rings is 1. The van der Waals surface area contributed by atoms with Gasteiger partial charge >= 0.3 is 12.0 Å². The van der Waals surface area contributed by atoms with Crippen LogP contribution in [-0.4, -0.2) is 114 Å². The van der Waals surface area contributed by atoms with Gasteiger partial charge in [0.15, 0.2) is 0 Å². The summed E-state index contributed by atoms with van der Waals surface area (Å²) in [5.41, 5.74) is 0. The minimum Gasteiger partial charge on any atom is -0.480 e. The van der Waals surface area contributed by atoms with Gasteiger partial charge in [-0.25, -0.2) is 4.79 Å². The highest BCUT2D eigenvalue weighted by Crippen LogP contribution is 2.25. The molecule has 0 bridgehead atoms. The predicted octanol–water partition coefficient (Wildman–Crippen LogP) is -0.126. The predicted molar refractivity (Wildman–Crippen MR) is 104 cm³/mol. The molecule has 3 amide bonds. The van der Waals surface area contributed by atoms with Gasteiger partial charge in [0, 0.05) is 51.4 Å². The molecule has 3 rings (SSSR count). The molecule has 0 spiro atoms. The first kappa shape index (κ1) is 20.9. The molecular formula is C19H33N5O4. The van der Waals surface area contributed by atoms with Gasteiger partial charge < -0.3 is 20.2 Å². The molecule has 0 radical (unpaired) electrons. The number of rotatable bonds is 7. The van der Waals surface area contributed by atoms with Crippen molar-refractivity contribution in [3.05, 3.63) is 0 Å². The van der Waals surface area contributed by atoms with Crippen LogP contribution in [0.1, 0.15) is 32.6 Å². The minimum absolute atomic E-state index is 0.0461. The van der Waals surface area contributed by atoms with E-state index in [4.69, 9.17) is 5.11 Å². The van der Waals surface area contributed by atoms with E-state index in [1.807, 2.05) is 21.6 Å². The molecule has 1 aliphatic carbocycles. The molecule has 9 heteroatoms. The van der Waals surface area contributed by atoms with E-state index in [0.29, 0.717) is 26.2 Å². The normalized spacial score (nSPS) is 25.6. The van der Waals surface area contributed by atoms with Crippen LogP contribution in [0.5, 0.6) is 0 Å². The smallest absolute Gasteiger partial charge is 0.317 e. The Labute approximate surface area is 166 Å². The van der Waals surface area contributed by atoms with E-state index in [2.05, 4.69) is 10.2 Å². The first-order valence-corrected chi connectivity index (χ1v) is 10.5. The third-order valence-electron chi connectivity index (χ3n) is 6.18. The third kappa shape index (κ3) is 5.35. The summed E-state index contributed by atoms with van der Waals surface area (Å²) in [6.07, 6.45) is 3.82. The van der Waals surface area contributed by atoms with E-state index in [1.54, 1.807) is 0 Å². The fraction of sp³-hybridized carbons (Fsp3) is 0.842. The van der Waals surface area contributed by atoms with E-state index < -0.39 is 5.97 Å². The topological polar surface area (TPSA) is 96.4 Å². The number of aliphatic carboxylic acids is 1. The molecule has 1 saturated carbocycles. The van der Waals surface area contributed by atoms with Gasteiger partial charge in [-0.05, 0) is 32.2 Å². The monoisotopic (exact) mass is 395 g/mol. The zero-order valence-corrected chi connectivity index (χ0v) is 16.8. The van der Waals surface area contributed by atoms with E-state index >= 15 is 0 Å². The van der Waals surface area contributed by atoms with E-state index in [0.717, 1.165) is 51.9 Å². The van der Waals surface area contributed by atoms with Gasteiger partial charge in [0.05, 0.1) is 13.1 Å². The Balaban J connectivity index is 1.33. The number of nitrogens with zero attached hydrogens (tertiary/aromatic N) is 4.